The molecule has 1 fully saturated rings. The molecule has 1 saturated heterocycles. The first kappa shape index (κ1) is 18.1. The van der Waals surface area contributed by atoms with Gasteiger partial charge in [-0.25, -0.2) is 0 Å². The Balaban J connectivity index is 1.78. The number of carbonyl (C=O) groups is 2. The van der Waals surface area contributed by atoms with E-state index in [0.29, 0.717) is 29.1 Å². The Labute approximate surface area is 159 Å². The molecule has 0 aliphatic carbocycles. The van der Waals surface area contributed by atoms with Crippen molar-refractivity contribution in [3.63, 3.8) is 0 Å². The van der Waals surface area contributed by atoms with Crippen LogP contribution in [-0.2, 0) is 0 Å². The van der Waals surface area contributed by atoms with E-state index < -0.39 is 5.60 Å². The molecule has 5 nitrogen and oxygen atoms in total. The number of carbonyl (C=O) groups excluding carboxylic acids is 2. The van der Waals surface area contributed by atoms with E-state index in [9.17, 15) is 9.59 Å². The standard InChI is InChI=1S/C22H27NO4/c1-4-22(3)13-15(24)19-17(27-22)10-9-16-18(19)14(2)20(26-16)21(25)23-11-7-5-6-8-12-23/h9-10H,4-8,11-13H2,1-3H3/t22-/m0/s1. The third kappa shape index (κ3) is 3.03. The lowest BCUT2D eigenvalue weighted by atomic mass is 9.87. The fraction of sp³-hybridized carbons (Fsp3) is 0.545. The Morgan fingerprint density at radius 2 is 1.89 bits per heavy atom. The predicted molar refractivity (Wildman–Crippen MR) is 104 cm³/mol. The van der Waals surface area contributed by atoms with Gasteiger partial charge in [0.2, 0.25) is 0 Å². The SMILES string of the molecule is CC[C@@]1(C)CC(=O)c2c(ccc3oc(C(=O)N4CCCCCC4)c(C)c23)O1. The van der Waals surface area contributed by atoms with Crippen LogP contribution in [0.2, 0.25) is 0 Å². The highest BCUT2D eigenvalue weighted by Crippen LogP contribution is 2.41. The largest absolute Gasteiger partial charge is 0.486 e. The van der Waals surface area contributed by atoms with Crippen LogP contribution in [-0.4, -0.2) is 35.3 Å². The van der Waals surface area contributed by atoms with E-state index in [0.717, 1.165) is 43.3 Å². The fourth-order valence-corrected chi connectivity index (χ4v) is 4.23. The second-order valence-corrected chi connectivity index (χ2v) is 8.08. The Morgan fingerprint density at radius 1 is 1.19 bits per heavy atom. The molecule has 0 radical (unpaired) electrons. The molecule has 2 aromatic rings. The average Bonchev–Trinajstić information content (AvgIpc) is 2.83. The molecule has 0 spiro atoms. The number of ether oxygens (including phenoxy) is 1. The van der Waals surface area contributed by atoms with Crippen LogP contribution in [0.4, 0.5) is 0 Å². The van der Waals surface area contributed by atoms with Gasteiger partial charge in [-0.15, -0.1) is 0 Å². The number of hydrogen-bond donors (Lipinski definition) is 0. The first-order valence-corrected chi connectivity index (χ1v) is 10.0. The van der Waals surface area contributed by atoms with Gasteiger partial charge < -0.3 is 14.1 Å². The van der Waals surface area contributed by atoms with E-state index >= 15 is 0 Å². The Hall–Kier alpha value is -2.30. The minimum absolute atomic E-state index is 0.0591. The molecule has 1 aromatic carbocycles. The van der Waals surface area contributed by atoms with Crippen molar-refractivity contribution in [2.45, 2.75) is 64.9 Å². The van der Waals surface area contributed by atoms with E-state index in [1.54, 1.807) is 6.07 Å². The van der Waals surface area contributed by atoms with E-state index in [2.05, 4.69) is 0 Å². The molecular formula is C22H27NO4. The normalized spacial score (nSPS) is 23.1. The molecule has 27 heavy (non-hydrogen) atoms. The number of Topliss-reactive ketones (excluding diaryl/α,β-unsaturated/α-hetero) is 1. The number of benzene rings is 1. The van der Waals surface area contributed by atoms with E-state index in [1.807, 2.05) is 31.7 Å². The number of nitrogens with zero attached hydrogens (tertiary/aromatic N) is 1. The topological polar surface area (TPSA) is 59.8 Å². The van der Waals surface area contributed by atoms with Crippen LogP contribution in [0.1, 0.15) is 78.8 Å². The summed E-state index contributed by atoms with van der Waals surface area (Å²) in [6.45, 7) is 7.40. The molecular weight excluding hydrogens is 342 g/mol. The zero-order chi connectivity index (χ0) is 19.2. The third-order valence-electron chi connectivity index (χ3n) is 6.06. The average molecular weight is 369 g/mol. The van der Waals surface area contributed by atoms with Gasteiger partial charge in [0, 0.05) is 24.0 Å². The number of furan rings is 1. The van der Waals surface area contributed by atoms with E-state index in [1.165, 1.54) is 12.8 Å². The highest BCUT2D eigenvalue weighted by molar-refractivity contribution is 6.13. The Kier molecular flexibility index (Phi) is 4.49. The lowest BCUT2D eigenvalue weighted by Crippen LogP contribution is -2.38. The van der Waals surface area contributed by atoms with Crippen molar-refractivity contribution in [3.05, 3.63) is 29.0 Å². The van der Waals surface area contributed by atoms with Gasteiger partial charge >= 0.3 is 0 Å². The van der Waals surface area contributed by atoms with Crippen LogP contribution < -0.4 is 4.74 Å². The van der Waals surface area contributed by atoms with Crippen molar-refractivity contribution < 1.29 is 18.7 Å². The third-order valence-corrected chi connectivity index (χ3v) is 6.06. The summed E-state index contributed by atoms with van der Waals surface area (Å²) in [5, 5.41) is 0.730. The molecule has 1 amide bonds. The lowest BCUT2D eigenvalue weighted by molar-refractivity contribution is 0.0502. The number of hydrogen-bond acceptors (Lipinski definition) is 4. The summed E-state index contributed by atoms with van der Waals surface area (Å²) in [4.78, 5) is 27.9. The van der Waals surface area contributed by atoms with Crippen molar-refractivity contribution >= 4 is 22.7 Å². The van der Waals surface area contributed by atoms with Gasteiger partial charge in [0.1, 0.15) is 16.9 Å². The van der Waals surface area contributed by atoms with Crippen LogP contribution >= 0.6 is 0 Å². The monoisotopic (exact) mass is 369 g/mol. The first-order chi connectivity index (χ1) is 12.9. The molecule has 0 N–H and O–H groups in total. The molecule has 4 rings (SSSR count). The molecule has 2 aliphatic heterocycles. The molecule has 3 heterocycles. The summed E-state index contributed by atoms with van der Waals surface area (Å²) in [5.74, 6) is 0.948. The molecule has 0 saturated carbocycles. The van der Waals surface area contributed by atoms with Crippen molar-refractivity contribution in [2.24, 2.45) is 0 Å². The van der Waals surface area contributed by atoms with Crippen LogP contribution in [0.3, 0.4) is 0 Å². The summed E-state index contributed by atoms with van der Waals surface area (Å²) in [7, 11) is 0. The van der Waals surface area contributed by atoms with Crippen molar-refractivity contribution in [1.82, 2.24) is 4.90 Å². The maximum absolute atomic E-state index is 13.1. The molecule has 5 heteroatoms. The second-order valence-electron chi connectivity index (χ2n) is 8.08. The fourth-order valence-electron chi connectivity index (χ4n) is 4.23. The van der Waals surface area contributed by atoms with Crippen molar-refractivity contribution in [2.75, 3.05) is 13.1 Å². The zero-order valence-corrected chi connectivity index (χ0v) is 16.4. The molecule has 1 atom stereocenters. The predicted octanol–water partition coefficient (Wildman–Crippen LogP) is 4.89. The summed E-state index contributed by atoms with van der Waals surface area (Å²) in [6, 6.07) is 3.61. The number of ketones is 1. The van der Waals surface area contributed by atoms with Gasteiger partial charge in [-0.05, 0) is 45.2 Å². The zero-order valence-electron chi connectivity index (χ0n) is 16.4. The van der Waals surface area contributed by atoms with Gasteiger partial charge in [-0.1, -0.05) is 19.8 Å². The van der Waals surface area contributed by atoms with Crippen LogP contribution in [0, 0.1) is 6.92 Å². The smallest absolute Gasteiger partial charge is 0.289 e. The number of rotatable bonds is 2. The minimum atomic E-state index is -0.472. The number of fused-ring (bicyclic) bond motifs is 3. The summed E-state index contributed by atoms with van der Waals surface area (Å²) >= 11 is 0. The minimum Gasteiger partial charge on any atom is -0.486 e. The van der Waals surface area contributed by atoms with Gasteiger partial charge in [0.05, 0.1) is 12.0 Å². The summed E-state index contributed by atoms with van der Waals surface area (Å²) < 4.78 is 12.1. The molecule has 1 aromatic heterocycles. The Morgan fingerprint density at radius 3 is 2.56 bits per heavy atom. The summed E-state index contributed by atoms with van der Waals surface area (Å²) in [5.41, 5.74) is 1.42. The van der Waals surface area contributed by atoms with E-state index in [4.69, 9.17) is 9.15 Å². The van der Waals surface area contributed by atoms with Gasteiger partial charge in [-0.2, -0.15) is 0 Å². The highest BCUT2D eigenvalue weighted by Gasteiger charge is 2.37. The molecule has 0 unspecified atom stereocenters. The lowest BCUT2D eigenvalue weighted by Gasteiger charge is -2.34. The molecule has 0 bridgehead atoms. The van der Waals surface area contributed by atoms with Crippen molar-refractivity contribution in [3.8, 4) is 5.75 Å². The maximum atomic E-state index is 13.1. The second kappa shape index (κ2) is 6.70. The molecule has 2 aliphatic rings. The highest BCUT2D eigenvalue weighted by atomic mass is 16.5. The quantitative estimate of drug-likeness (QED) is 0.756. The van der Waals surface area contributed by atoms with Crippen LogP contribution in [0.5, 0.6) is 5.75 Å². The number of amides is 1. The van der Waals surface area contributed by atoms with E-state index in [-0.39, 0.29) is 11.7 Å². The van der Waals surface area contributed by atoms with Crippen molar-refractivity contribution in [1.29, 1.82) is 0 Å². The number of likely N-dealkylation sites (tertiary alicyclic amines) is 1. The van der Waals surface area contributed by atoms with Gasteiger partial charge in [0.25, 0.3) is 5.91 Å². The molecule has 144 valence electrons. The van der Waals surface area contributed by atoms with Crippen LogP contribution in [0.25, 0.3) is 11.0 Å². The van der Waals surface area contributed by atoms with Gasteiger partial charge in [0.15, 0.2) is 11.5 Å². The first-order valence-electron chi connectivity index (χ1n) is 10.0. The van der Waals surface area contributed by atoms with Gasteiger partial charge in [-0.3, -0.25) is 9.59 Å². The van der Waals surface area contributed by atoms with Crippen LogP contribution in [0.15, 0.2) is 16.5 Å². The maximum Gasteiger partial charge on any atom is 0.289 e. The number of aryl methyl sites for hydroxylation is 1. The summed E-state index contributed by atoms with van der Waals surface area (Å²) in [6.07, 6.45) is 5.50. The Bertz CT molecular complexity index is 905.